The number of nitrogens with one attached hydrogen (secondary N) is 2. The number of rotatable bonds is 6. The van der Waals surface area contributed by atoms with Gasteiger partial charge in [0.15, 0.2) is 0 Å². The molecule has 1 aromatic rings. The average molecular weight is 344 g/mol. The molecule has 0 atom stereocenters. The van der Waals surface area contributed by atoms with Crippen LogP contribution in [0.1, 0.15) is 27.2 Å². The maximum Gasteiger partial charge on any atom is 0.407 e. The Morgan fingerprint density at radius 2 is 1.91 bits per heavy atom. The maximum absolute atomic E-state index is 11.4. The minimum Gasteiger partial charge on any atom is -0.444 e. The summed E-state index contributed by atoms with van der Waals surface area (Å²) >= 11 is 0. The van der Waals surface area contributed by atoms with Crippen LogP contribution in [-0.2, 0) is 14.8 Å². The van der Waals surface area contributed by atoms with Gasteiger partial charge in [-0.25, -0.2) is 18.4 Å². The van der Waals surface area contributed by atoms with Gasteiger partial charge in [0.2, 0.25) is 10.0 Å². The molecule has 6 N–H and O–H groups in total. The fourth-order valence-electron chi connectivity index (χ4n) is 1.76. The topological polar surface area (TPSA) is 137 Å². The van der Waals surface area contributed by atoms with Crippen molar-refractivity contribution in [1.29, 1.82) is 0 Å². The van der Waals surface area contributed by atoms with Gasteiger partial charge in [0.05, 0.1) is 11.4 Å². The second kappa shape index (κ2) is 7.51. The van der Waals surface area contributed by atoms with E-state index in [4.69, 9.17) is 15.6 Å². The zero-order valence-electron chi connectivity index (χ0n) is 13.5. The van der Waals surface area contributed by atoms with Crippen LogP contribution in [0.3, 0.4) is 0 Å². The fourth-order valence-corrected chi connectivity index (χ4v) is 2.45. The molecule has 1 aromatic carbocycles. The van der Waals surface area contributed by atoms with Gasteiger partial charge in [-0.2, -0.15) is 0 Å². The number of alkyl carbamates (subject to hydrolysis) is 1. The Labute approximate surface area is 136 Å². The number of amides is 1. The van der Waals surface area contributed by atoms with E-state index in [0.717, 1.165) is 0 Å². The van der Waals surface area contributed by atoms with Crippen molar-refractivity contribution >= 4 is 27.5 Å². The van der Waals surface area contributed by atoms with Crippen molar-refractivity contribution in [3.8, 4) is 0 Å². The van der Waals surface area contributed by atoms with E-state index in [0.29, 0.717) is 25.2 Å². The Morgan fingerprint density at radius 3 is 2.48 bits per heavy atom. The molecule has 0 aliphatic heterocycles. The molecular weight excluding hydrogens is 320 g/mol. The number of hydrogen-bond donors (Lipinski definition) is 4. The number of hydrogen-bond acceptors (Lipinski definition) is 6. The highest BCUT2D eigenvalue weighted by molar-refractivity contribution is 7.89. The first-order valence-corrected chi connectivity index (χ1v) is 8.67. The summed E-state index contributed by atoms with van der Waals surface area (Å²) in [5, 5.41) is 10.7. The number of nitrogen functional groups attached to an aromatic ring is 1. The van der Waals surface area contributed by atoms with Gasteiger partial charge in [-0.3, -0.25) is 0 Å². The number of benzene rings is 1. The van der Waals surface area contributed by atoms with Crippen LogP contribution in [-0.4, -0.2) is 33.2 Å². The van der Waals surface area contributed by atoms with E-state index in [-0.39, 0.29) is 10.6 Å². The van der Waals surface area contributed by atoms with E-state index >= 15 is 0 Å². The highest BCUT2D eigenvalue weighted by Gasteiger charge is 2.16. The van der Waals surface area contributed by atoms with Gasteiger partial charge in [0.25, 0.3) is 0 Å². The highest BCUT2D eigenvalue weighted by atomic mass is 32.2. The predicted molar refractivity (Wildman–Crippen MR) is 89.6 cm³/mol. The number of carbonyl (C=O) groups is 1. The first-order chi connectivity index (χ1) is 10.5. The lowest BCUT2D eigenvalue weighted by molar-refractivity contribution is 0.0528. The van der Waals surface area contributed by atoms with Crippen LogP contribution in [0.15, 0.2) is 23.1 Å². The third kappa shape index (κ3) is 6.74. The van der Waals surface area contributed by atoms with Crippen molar-refractivity contribution in [3.63, 3.8) is 0 Å². The molecule has 23 heavy (non-hydrogen) atoms. The monoisotopic (exact) mass is 344 g/mol. The van der Waals surface area contributed by atoms with E-state index in [1.54, 1.807) is 32.9 Å². The number of primary sulfonamides is 1. The van der Waals surface area contributed by atoms with E-state index < -0.39 is 21.7 Å². The van der Waals surface area contributed by atoms with Gasteiger partial charge in [0, 0.05) is 13.1 Å². The van der Waals surface area contributed by atoms with E-state index in [9.17, 15) is 13.2 Å². The molecule has 0 bridgehead atoms. The number of nitrogens with two attached hydrogens (primary N) is 2. The molecular formula is C14H24N4O4S. The Hall–Kier alpha value is -2.00. The zero-order chi connectivity index (χ0) is 17.7. The minimum absolute atomic E-state index is 0.0788. The summed E-state index contributed by atoms with van der Waals surface area (Å²) in [7, 11) is -3.86. The third-order valence-electron chi connectivity index (χ3n) is 2.71. The molecule has 0 saturated carbocycles. The molecule has 0 saturated heterocycles. The Bertz CT molecular complexity index is 653. The van der Waals surface area contributed by atoms with Crippen LogP contribution in [0, 0.1) is 0 Å². The quantitative estimate of drug-likeness (QED) is 0.453. The predicted octanol–water partition coefficient (Wildman–Crippen LogP) is 1.24. The van der Waals surface area contributed by atoms with Crippen LogP contribution < -0.4 is 21.5 Å². The second-order valence-electron chi connectivity index (χ2n) is 5.97. The van der Waals surface area contributed by atoms with E-state index in [1.807, 2.05) is 0 Å². The molecule has 0 aliphatic rings. The van der Waals surface area contributed by atoms with Crippen molar-refractivity contribution < 1.29 is 17.9 Å². The number of carbonyl (C=O) groups excluding carboxylic acids is 1. The Kier molecular flexibility index (Phi) is 6.22. The van der Waals surface area contributed by atoms with Crippen LogP contribution in [0.5, 0.6) is 0 Å². The minimum atomic E-state index is -3.86. The molecule has 0 radical (unpaired) electrons. The van der Waals surface area contributed by atoms with Crippen LogP contribution in [0.2, 0.25) is 0 Å². The highest BCUT2D eigenvalue weighted by Crippen LogP contribution is 2.25. The molecule has 0 spiro atoms. The van der Waals surface area contributed by atoms with Gasteiger partial charge < -0.3 is 21.1 Å². The van der Waals surface area contributed by atoms with Crippen molar-refractivity contribution in [1.82, 2.24) is 5.32 Å². The summed E-state index contributed by atoms with van der Waals surface area (Å²) in [6, 6.07) is 4.56. The van der Waals surface area contributed by atoms with Gasteiger partial charge >= 0.3 is 6.09 Å². The summed E-state index contributed by atoms with van der Waals surface area (Å²) in [5.74, 6) is 0. The number of para-hydroxylation sites is 1. The molecule has 0 aromatic heterocycles. The van der Waals surface area contributed by atoms with Gasteiger partial charge in [-0.05, 0) is 39.3 Å². The van der Waals surface area contributed by atoms with Crippen molar-refractivity contribution in [2.75, 3.05) is 24.1 Å². The molecule has 0 heterocycles. The number of ether oxygens (including phenoxy) is 1. The Morgan fingerprint density at radius 1 is 1.26 bits per heavy atom. The normalized spacial score (nSPS) is 11.8. The molecule has 9 heteroatoms. The summed E-state index contributed by atoms with van der Waals surface area (Å²) in [4.78, 5) is 11.3. The van der Waals surface area contributed by atoms with Crippen molar-refractivity contribution in [2.45, 2.75) is 37.7 Å². The van der Waals surface area contributed by atoms with Crippen molar-refractivity contribution in [3.05, 3.63) is 18.2 Å². The zero-order valence-corrected chi connectivity index (χ0v) is 14.4. The molecule has 0 aliphatic carbocycles. The molecule has 0 unspecified atom stereocenters. The van der Waals surface area contributed by atoms with Crippen molar-refractivity contribution in [2.24, 2.45) is 5.14 Å². The lowest BCUT2D eigenvalue weighted by Gasteiger charge is -2.19. The van der Waals surface area contributed by atoms with E-state index in [2.05, 4.69) is 10.6 Å². The number of sulfonamides is 1. The lowest BCUT2D eigenvalue weighted by atomic mass is 10.2. The summed E-state index contributed by atoms with van der Waals surface area (Å²) < 4.78 is 27.9. The lowest BCUT2D eigenvalue weighted by Crippen LogP contribution is -2.33. The third-order valence-corrected chi connectivity index (χ3v) is 3.68. The first kappa shape index (κ1) is 19.0. The smallest absolute Gasteiger partial charge is 0.407 e. The summed E-state index contributed by atoms with van der Waals surface area (Å²) in [6.07, 6.45) is 0.131. The SMILES string of the molecule is CC(C)(C)OC(=O)NCCCNc1cccc(S(N)(=O)=O)c1N. The number of anilines is 2. The second-order valence-corrected chi connectivity index (χ2v) is 7.50. The van der Waals surface area contributed by atoms with Crippen LogP contribution in [0.4, 0.5) is 16.2 Å². The standard InChI is InChI=1S/C14H24N4O4S/c1-14(2,3)22-13(19)18-9-5-8-17-10-6-4-7-11(12(10)15)23(16,20)21/h4,6-7,17H,5,8-9,15H2,1-3H3,(H,18,19)(H2,16,20,21). The van der Waals surface area contributed by atoms with Crippen LogP contribution in [0.25, 0.3) is 0 Å². The largest absolute Gasteiger partial charge is 0.444 e. The molecule has 130 valence electrons. The molecule has 1 amide bonds. The molecule has 1 rings (SSSR count). The summed E-state index contributed by atoms with van der Waals surface area (Å²) in [5.41, 5.74) is 5.81. The van der Waals surface area contributed by atoms with E-state index in [1.165, 1.54) is 6.07 Å². The first-order valence-electron chi connectivity index (χ1n) is 7.13. The van der Waals surface area contributed by atoms with Gasteiger partial charge in [-0.15, -0.1) is 0 Å². The Balaban J connectivity index is 2.45. The average Bonchev–Trinajstić information content (AvgIpc) is 2.36. The van der Waals surface area contributed by atoms with Crippen LogP contribution >= 0.6 is 0 Å². The molecule has 8 nitrogen and oxygen atoms in total. The van der Waals surface area contributed by atoms with Gasteiger partial charge in [-0.1, -0.05) is 6.07 Å². The molecule has 0 fully saturated rings. The van der Waals surface area contributed by atoms with Gasteiger partial charge in [0.1, 0.15) is 10.5 Å². The fraction of sp³-hybridized carbons (Fsp3) is 0.500. The maximum atomic E-state index is 11.4. The summed E-state index contributed by atoms with van der Waals surface area (Å²) in [6.45, 7) is 6.27.